The summed E-state index contributed by atoms with van der Waals surface area (Å²) in [6, 6.07) is 9.68. The van der Waals surface area contributed by atoms with Crippen molar-refractivity contribution in [3.63, 3.8) is 0 Å². The molecule has 3 aromatic rings. The van der Waals surface area contributed by atoms with Crippen LogP contribution in [-0.2, 0) is 24.3 Å². The van der Waals surface area contributed by atoms with Crippen LogP contribution < -0.4 is 5.73 Å². The molecule has 106 valence electrons. The van der Waals surface area contributed by atoms with E-state index >= 15 is 0 Å². The van der Waals surface area contributed by atoms with Gasteiger partial charge in [0.1, 0.15) is 6.54 Å². The summed E-state index contributed by atoms with van der Waals surface area (Å²) in [5.41, 5.74) is 8.02. The van der Waals surface area contributed by atoms with E-state index in [0.29, 0.717) is 18.7 Å². The van der Waals surface area contributed by atoms with Gasteiger partial charge in [-0.3, -0.25) is 9.78 Å². The number of rotatable bonds is 5. The van der Waals surface area contributed by atoms with E-state index in [1.807, 2.05) is 30.3 Å². The Bertz CT molecular complexity index is 775. The summed E-state index contributed by atoms with van der Waals surface area (Å²) >= 11 is 0. The molecular weight excluding hydrogens is 266 g/mol. The minimum atomic E-state index is 0.0693. The van der Waals surface area contributed by atoms with Crippen LogP contribution in [0, 0.1) is 0 Å². The highest BCUT2D eigenvalue weighted by molar-refractivity contribution is 5.88. The first-order valence-corrected chi connectivity index (χ1v) is 6.69. The van der Waals surface area contributed by atoms with Crippen molar-refractivity contribution in [2.24, 2.45) is 5.73 Å². The van der Waals surface area contributed by atoms with Crippen LogP contribution in [0.4, 0.5) is 0 Å². The Balaban J connectivity index is 1.77. The van der Waals surface area contributed by atoms with Crippen LogP contribution in [0.15, 0.2) is 42.7 Å². The van der Waals surface area contributed by atoms with Gasteiger partial charge in [-0.25, -0.2) is 4.68 Å². The fraction of sp³-hybridized carbons (Fsp3) is 0.200. The molecule has 0 saturated carbocycles. The van der Waals surface area contributed by atoms with E-state index in [4.69, 9.17) is 5.73 Å². The molecule has 0 aliphatic rings. The van der Waals surface area contributed by atoms with Crippen LogP contribution in [0.1, 0.15) is 11.3 Å². The molecule has 2 aromatic heterocycles. The minimum Gasteiger partial charge on any atom is -0.325 e. The van der Waals surface area contributed by atoms with E-state index in [0.717, 1.165) is 16.5 Å². The average molecular weight is 281 g/mol. The molecule has 0 unspecified atom stereocenters. The number of aromatic nitrogens is 4. The topological polar surface area (TPSA) is 86.7 Å². The number of hydrogen-bond acceptors (Lipinski definition) is 5. The lowest BCUT2D eigenvalue weighted by atomic mass is 10.0. The van der Waals surface area contributed by atoms with Gasteiger partial charge in [-0.2, -0.15) is 0 Å². The highest BCUT2D eigenvalue weighted by atomic mass is 16.1. The second kappa shape index (κ2) is 5.80. The third-order valence-corrected chi connectivity index (χ3v) is 3.26. The summed E-state index contributed by atoms with van der Waals surface area (Å²) in [5.74, 6) is 0.0693. The number of fused-ring (bicyclic) bond motifs is 1. The fourth-order valence-electron chi connectivity index (χ4n) is 2.27. The monoisotopic (exact) mass is 281 g/mol. The number of carbonyl (C=O) groups is 1. The van der Waals surface area contributed by atoms with Crippen LogP contribution in [0.25, 0.3) is 10.9 Å². The molecule has 1 aromatic carbocycles. The minimum absolute atomic E-state index is 0.0693. The van der Waals surface area contributed by atoms with E-state index in [1.54, 1.807) is 12.4 Å². The Morgan fingerprint density at radius 3 is 2.90 bits per heavy atom. The molecule has 0 bridgehead atoms. The molecule has 6 heteroatoms. The van der Waals surface area contributed by atoms with E-state index < -0.39 is 0 Å². The summed E-state index contributed by atoms with van der Waals surface area (Å²) in [7, 11) is 0. The lowest BCUT2D eigenvalue weighted by Crippen LogP contribution is -2.13. The van der Waals surface area contributed by atoms with Gasteiger partial charge in [0.15, 0.2) is 5.78 Å². The van der Waals surface area contributed by atoms with Gasteiger partial charge >= 0.3 is 0 Å². The van der Waals surface area contributed by atoms with E-state index in [9.17, 15) is 4.79 Å². The number of nitrogens with zero attached hydrogens (tertiary/aromatic N) is 4. The van der Waals surface area contributed by atoms with Crippen LogP contribution in [0.5, 0.6) is 0 Å². The highest BCUT2D eigenvalue weighted by Gasteiger charge is 2.09. The van der Waals surface area contributed by atoms with Crippen molar-refractivity contribution < 1.29 is 4.79 Å². The maximum atomic E-state index is 12.2. The molecule has 2 heterocycles. The lowest BCUT2D eigenvalue weighted by Gasteiger charge is -2.05. The summed E-state index contributed by atoms with van der Waals surface area (Å²) in [5, 5.41) is 8.76. The van der Waals surface area contributed by atoms with Gasteiger partial charge in [-0.05, 0) is 17.7 Å². The van der Waals surface area contributed by atoms with Gasteiger partial charge in [0, 0.05) is 24.5 Å². The van der Waals surface area contributed by atoms with Crippen molar-refractivity contribution in [1.29, 1.82) is 0 Å². The van der Waals surface area contributed by atoms with Crippen molar-refractivity contribution in [2.75, 3.05) is 0 Å². The number of Topliss-reactive ketones (excluding diaryl/α,β-unsaturated/α-hetero) is 1. The molecule has 0 radical (unpaired) electrons. The first-order chi connectivity index (χ1) is 10.3. The Labute approximate surface area is 121 Å². The molecule has 21 heavy (non-hydrogen) atoms. The first kappa shape index (κ1) is 13.4. The molecule has 0 amide bonds. The molecule has 0 saturated heterocycles. The molecule has 0 atom stereocenters. The SMILES string of the molecule is NCc1cn(CC(=O)Cc2ccnc3ccccc23)nn1. The van der Waals surface area contributed by atoms with Gasteiger partial charge in [0.2, 0.25) is 0 Å². The normalized spacial score (nSPS) is 10.9. The van der Waals surface area contributed by atoms with Crippen molar-refractivity contribution in [3.05, 3.63) is 54.0 Å². The van der Waals surface area contributed by atoms with Gasteiger partial charge in [-0.1, -0.05) is 23.4 Å². The van der Waals surface area contributed by atoms with E-state index in [1.165, 1.54) is 4.68 Å². The summed E-state index contributed by atoms with van der Waals surface area (Å²) in [6.07, 6.45) is 3.77. The lowest BCUT2D eigenvalue weighted by molar-refractivity contribution is -0.119. The summed E-state index contributed by atoms with van der Waals surface area (Å²) < 4.78 is 1.52. The molecule has 0 aliphatic carbocycles. The molecule has 6 nitrogen and oxygen atoms in total. The number of ketones is 1. The molecule has 0 aliphatic heterocycles. The number of pyridine rings is 1. The number of hydrogen-bond donors (Lipinski definition) is 1. The predicted octanol–water partition coefficient (Wildman–Crippen LogP) is 1.10. The molecule has 0 spiro atoms. The zero-order valence-corrected chi connectivity index (χ0v) is 11.4. The average Bonchev–Trinajstić information content (AvgIpc) is 2.95. The number of benzene rings is 1. The Kier molecular flexibility index (Phi) is 3.70. The largest absolute Gasteiger partial charge is 0.325 e. The van der Waals surface area contributed by atoms with E-state index in [2.05, 4.69) is 15.3 Å². The summed E-state index contributed by atoms with van der Waals surface area (Å²) in [6.45, 7) is 0.521. The smallest absolute Gasteiger partial charge is 0.158 e. The van der Waals surface area contributed by atoms with Gasteiger partial charge in [0.05, 0.1) is 17.4 Å². The van der Waals surface area contributed by atoms with Gasteiger partial charge < -0.3 is 5.73 Å². The standard InChI is InChI=1S/C15H15N5O/c16-8-12-9-20(19-18-12)10-13(21)7-11-5-6-17-15-4-2-1-3-14(11)15/h1-6,9H,7-8,10,16H2. The number of nitrogens with two attached hydrogens (primary N) is 1. The third-order valence-electron chi connectivity index (χ3n) is 3.26. The maximum Gasteiger partial charge on any atom is 0.158 e. The Morgan fingerprint density at radius 2 is 2.10 bits per heavy atom. The Morgan fingerprint density at radius 1 is 1.24 bits per heavy atom. The summed E-state index contributed by atoms with van der Waals surface area (Å²) in [4.78, 5) is 16.5. The molecule has 0 fully saturated rings. The zero-order valence-electron chi connectivity index (χ0n) is 11.4. The van der Waals surface area contributed by atoms with Crippen LogP contribution in [0.3, 0.4) is 0 Å². The quantitative estimate of drug-likeness (QED) is 0.756. The molecular formula is C15H15N5O. The Hall–Kier alpha value is -2.60. The van der Waals surface area contributed by atoms with E-state index in [-0.39, 0.29) is 12.3 Å². The number of para-hydroxylation sites is 1. The molecule has 2 N–H and O–H groups in total. The van der Waals surface area contributed by atoms with Gasteiger partial charge in [0.25, 0.3) is 0 Å². The van der Waals surface area contributed by atoms with Crippen molar-refractivity contribution in [3.8, 4) is 0 Å². The highest BCUT2D eigenvalue weighted by Crippen LogP contribution is 2.16. The van der Waals surface area contributed by atoms with Crippen LogP contribution >= 0.6 is 0 Å². The van der Waals surface area contributed by atoms with Crippen LogP contribution in [-0.4, -0.2) is 25.8 Å². The van der Waals surface area contributed by atoms with Gasteiger partial charge in [-0.15, -0.1) is 5.10 Å². The second-order valence-corrected chi connectivity index (χ2v) is 4.81. The first-order valence-electron chi connectivity index (χ1n) is 6.69. The third kappa shape index (κ3) is 2.95. The molecule has 3 rings (SSSR count). The van der Waals surface area contributed by atoms with Crippen molar-refractivity contribution >= 4 is 16.7 Å². The number of carbonyl (C=O) groups excluding carboxylic acids is 1. The van der Waals surface area contributed by atoms with Crippen LogP contribution in [0.2, 0.25) is 0 Å². The maximum absolute atomic E-state index is 12.2. The zero-order chi connectivity index (χ0) is 14.7. The van der Waals surface area contributed by atoms with Crippen molar-refractivity contribution in [2.45, 2.75) is 19.5 Å². The second-order valence-electron chi connectivity index (χ2n) is 4.81. The fourth-order valence-corrected chi connectivity index (χ4v) is 2.27. The van der Waals surface area contributed by atoms with Crippen molar-refractivity contribution in [1.82, 2.24) is 20.0 Å². The predicted molar refractivity (Wildman–Crippen MR) is 78.4 cm³/mol.